The third-order valence-electron chi connectivity index (χ3n) is 8.46. The number of carbonyl (C=O) groups is 1. The molecule has 11 heteroatoms. The molecule has 0 spiro atoms. The maximum absolute atomic E-state index is 14.2. The first-order valence-electron chi connectivity index (χ1n) is 13.8. The molecule has 2 heterocycles. The monoisotopic (exact) mass is 583 g/mol. The van der Waals surface area contributed by atoms with Crippen molar-refractivity contribution in [2.45, 2.75) is 75.1 Å². The van der Waals surface area contributed by atoms with Gasteiger partial charge in [-0.1, -0.05) is 24.3 Å². The molecular weight excluding hydrogens is 551 g/mol. The van der Waals surface area contributed by atoms with Crippen LogP contribution in [0.25, 0.3) is 11.3 Å². The Bertz CT molecular complexity index is 1450. The van der Waals surface area contributed by atoms with E-state index in [1.54, 1.807) is 29.2 Å². The quantitative estimate of drug-likeness (QED) is 0.348. The molecule has 2 aromatic carbocycles. The van der Waals surface area contributed by atoms with Crippen molar-refractivity contribution in [1.29, 1.82) is 0 Å². The number of nitrogens with one attached hydrogen (secondary N) is 1. The van der Waals surface area contributed by atoms with E-state index < -0.39 is 17.6 Å². The number of rotatable bonds is 4. The number of fused-ring (bicyclic) bond motifs is 4. The van der Waals surface area contributed by atoms with Crippen molar-refractivity contribution in [2.75, 3.05) is 11.3 Å². The maximum Gasteiger partial charge on any atom is 0.394 e. The molecule has 3 aliphatic rings. The number of aryl methyl sites for hydroxylation is 2. The zero-order valence-corrected chi connectivity index (χ0v) is 23.7. The largest absolute Gasteiger partial charge is 0.475 e. The van der Waals surface area contributed by atoms with Crippen molar-refractivity contribution in [2.24, 2.45) is 11.1 Å². The summed E-state index contributed by atoms with van der Waals surface area (Å²) >= 11 is 1.25. The van der Waals surface area contributed by atoms with Crippen LogP contribution in [-0.4, -0.2) is 51.7 Å². The van der Waals surface area contributed by atoms with E-state index in [0.29, 0.717) is 30.0 Å². The second kappa shape index (κ2) is 10.5. The van der Waals surface area contributed by atoms with Crippen molar-refractivity contribution in [3.05, 3.63) is 65.2 Å². The number of ether oxygens (including phenoxy) is 1. The Morgan fingerprint density at radius 3 is 2.46 bits per heavy atom. The number of nitrogens with two attached hydrogens (primary N) is 1. The second-order valence-corrected chi connectivity index (χ2v) is 12.3. The van der Waals surface area contributed by atoms with Crippen LogP contribution in [0.15, 0.2) is 53.4 Å². The van der Waals surface area contributed by atoms with Crippen LogP contribution in [-0.2, 0) is 0 Å². The van der Waals surface area contributed by atoms with Crippen molar-refractivity contribution in [3.63, 3.8) is 0 Å². The average Bonchev–Trinajstić information content (AvgIpc) is 3.70. The Kier molecular flexibility index (Phi) is 7.14. The molecule has 0 radical (unpaired) electrons. The lowest BCUT2D eigenvalue weighted by Gasteiger charge is -2.46. The Morgan fingerprint density at radius 1 is 1.10 bits per heavy atom. The highest BCUT2D eigenvalue weighted by atomic mass is 32.2. The highest BCUT2D eigenvalue weighted by Gasteiger charge is 2.64. The third-order valence-corrected chi connectivity index (χ3v) is 9.23. The molecule has 7 nitrogen and oxygen atoms in total. The second-order valence-electron chi connectivity index (χ2n) is 11.5. The first kappa shape index (κ1) is 27.8. The molecule has 1 aliphatic heterocycles. The van der Waals surface area contributed by atoms with Gasteiger partial charge in [0, 0.05) is 34.2 Å². The summed E-state index contributed by atoms with van der Waals surface area (Å²) in [5.41, 5.74) is 8.30. The number of aromatic nitrogens is 2. The summed E-state index contributed by atoms with van der Waals surface area (Å²) in [4.78, 5) is 25.6. The van der Waals surface area contributed by atoms with Crippen LogP contribution in [0.1, 0.15) is 53.6 Å². The van der Waals surface area contributed by atoms with Crippen LogP contribution < -0.4 is 15.2 Å². The Balaban J connectivity index is 1.44. The SMILES string of the molecule is Cc1cccc(C)c1-c1cc2nc(n1)NSc1cccc(c1)C(=O)N(C1CC(N)C1)C(CC1(C(F)(F)F)CC1)CO2. The molecule has 41 heavy (non-hydrogen) atoms. The average molecular weight is 584 g/mol. The molecule has 1 amide bonds. The zero-order valence-electron chi connectivity index (χ0n) is 22.9. The minimum absolute atomic E-state index is 0.0453. The minimum Gasteiger partial charge on any atom is -0.475 e. The number of carbonyl (C=O) groups excluding carboxylic acids is 1. The molecule has 0 saturated heterocycles. The van der Waals surface area contributed by atoms with E-state index >= 15 is 0 Å². The van der Waals surface area contributed by atoms with Crippen LogP contribution in [0.3, 0.4) is 0 Å². The van der Waals surface area contributed by atoms with Crippen molar-refractivity contribution in [1.82, 2.24) is 14.9 Å². The number of nitrogens with zero attached hydrogens (tertiary/aromatic N) is 3. The van der Waals surface area contributed by atoms with Gasteiger partial charge in [-0.25, -0.2) is 4.98 Å². The number of benzene rings is 2. The van der Waals surface area contributed by atoms with Crippen LogP contribution in [0.5, 0.6) is 5.88 Å². The van der Waals surface area contributed by atoms with Gasteiger partial charge in [-0.15, -0.1) is 0 Å². The summed E-state index contributed by atoms with van der Waals surface area (Å²) in [5.74, 6) is 0.212. The predicted octanol–water partition coefficient (Wildman–Crippen LogP) is 6.31. The standard InChI is InChI=1S/C30H32F3N5O2S/c1-17-5-3-6-18(2)26(17)24-14-25-36-28(35-24)37-41-23-8-4-7-19(11-23)27(39)38(21-12-20(34)13-21)22(16-40-25)15-29(9-10-29)30(31,32)33/h3-8,11,14,20-22H,9-10,12-13,15-16,34H2,1-2H3,(H,35,36,37). The molecule has 1 atom stereocenters. The smallest absolute Gasteiger partial charge is 0.394 e. The van der Waals surface area contributed by atoms with Gasteiger partial charge in [0.2, 0.25) is 11.8 Å². The van der Waals surface area contributed by atoms with Gasteiger partial charge in [-0.3, -0.25) is 9.52 Å². The fourth-order valence-electron chi connectivity index (χ4n) is 5.95. The number of halogens is 3. The van der Waals surface area contributed by atoms with Crippen LogP contribution in [0.4, 0.5) is 19.1 Å². The van der Waals surface area contributed by atoms with Gasteiger partial charge in [0.05, 0.1) is 17.2 Å². The maximum atomic E-state index is 14.2. The molecule has 1 unspecified atom stereocenters. The fourth-order valence-corrected chi connectivity index (χ4v) is 6.58. The number of anilines is 1. The van der Waals surface area contributed by atoms with Crippen molar-refractivity contribution >= 4 is 23.8 Å². The fraction of sp³-hybridized carbons (Fsp3) is 0.433. The number of hydrogen-bond acceptors (Lipinski definition) is 7. The van der Waals surface area contributed by atoms with Gasteiger partial charge in [0.1, 0.15) is 6.61 Å². The van der Waals surface area contributed by atoms with E-state index in [9.17, 15) is 18.0 Å². The van der Waals surface area contributed by atoms with Gasteiger partial charge in [-0.2, -0.15) is 18.2 Å². The van der Waals surface area contributed by atoms with Gasteiger partial charge >= 0.3 is 6.18 Å². The summed E-state index contributed by atoms with van der Waals surface area (Å²) in [5, 5.41) is 0. The Hall–Kier alpha value is -3.31. The molecular formula is C30H32F3N5O2S. The van der Waals surface area contributed by atoms with Gasteiger partial charge < -0.3 is 15.4 Å². The van der Waals surface area contributed by atoms with Gasteiger partial charge in [0.15, 0.2) is 0 Å². The lowest BCUT2D eigenvalue weighted by Crippen LogP contribution is -2.58. The lowest BCUT2D eigenvalue weighted by molar-refractivity contribution is -0.193. The number of alkyl halides is 3. The molecule has 2 saturated carbocycles. The van der Waals surface area contributed by atoms with Gasteiger partial charge in [0.25, 0.3) is 5.91 Å². The van der Waals surface area contributed by atoms with Crippen LogP contribution in [0, 0.1) is 19.3 Å². The van der Waals surface area contributed by atoms with Crippen LogP contribution in [0.2, 0.25) is 0 Å². The minimum atomic E-state index is -4.36. The lowest BCUT2D eigenvalue weighted by atomic mass is 9.83. The normalized spacial score (nSPS) is 23.7. The molecule has 4 bridgehead atoms. The molecule has 2 aliphatic carbocycles. The van der Waals surface area contributed by atoms with E-state index in [-0.39, 0.29) is 49.7 Å². The van der Waals surface area contributed by atoms with Gasteiger partial charge in [-0.05, 0) is 87.2 Å². The summed E-state index contributed by atoms with van der Waals surface area (Å²) in [6, 6.07) is 13.6. The summed E-state index contributed by atoms with van der Waals surface area (Å²) in [6.07, 6.45) is -3.44. The highest BCUT2D eigenvalue weighted by molar-refractivity contribution is 8.00. The van der Waals surface area contributed by atoms with E-state index in [1.165, 1.54) is 11.9 Å². The third kappa shape index (κ3) is 5.49. The first-order chi connectivity index (χ1) is 19.5. The topological polar surface area (TPSA) is 93.4 Å². The van der Waals surface area contributed by atoms with Crippen molar-refractivity contribution in [3.8, 4) is 17.1 Å². The highest BCUT2D eigenvalue weighted by Crippen LogP contribution is 2.61. The molecule has 6 rings (SSSR count). The summed E-state index contributed by atoms with van der Waals surface area (Å²) < 4.78 is 52.0. The predicted molar refractivity (Wildman–Crippen MR) is 152 cm³/mol. The van der Waals surface area contributed by atoms with E-state index in [1.807, 2.05) is 38.1 Å². The van der Waals surface area contributed by atoms with Crippen molar-refractivity contribution < 1.29 is 22.7 Å². The number of hydrogen-bond donors (Lipinski definition) is 2. The zero-order chi connectivity index (χ0) is 28.9. The van der Waals surface area contributed by atoms with E-state index in [2.05, 4.69) is 9.71 Å². The first-order valence-corrected chi connectivity index (χ1v) is 14.6. The molecule has 216 valence electrons. The molecule has 3 aromatic rings. The Labute approximate surface area is 241 Å². The summed E-state index contributed by atoms with van der Waals surface area (Å²) in [7, 11) is 0. The van der Waals surface area contributed by atoms with E-state index in [0.717, 1.165) is 21.6 Å². The molecule has 3 N–H and O–H groups in total. The molecule has 2 fully saturated rings. The number of amides is 1. The molecule has 1 aromatic heterocycles. The van der Waals surface area contributed by atoms with Crippen LogP contribution >= 0.6 is 11.9 Å². The Morgan fingerprint density at radius 2 is 1.80 bits per heavy atom. The summed E-state index contributed by atoms with van der Waals surface area (Å²) in [6.45, 7) is 3.86. The van der Waals surface area contributed by atoms with E-state index in [4.69, 9.17) is 15.5 Å².